The van der Waals surface area contributed by atoms with Gasteiger partial charge in [0.15, 0.2) is 0 Å². The van der Waals surface area contributed by atoms with E-state index < -0.39 is 8.25 Å². The second-order valence-corrected chi connectivity index (χ2v) is 9.46. The van der Waals surface area contributed by atoms with Crippen LogP contribution in [0, 0.1) is 0 Å². The van der Waals surface area contributed by atoms with Gasteiger partial charge in [-0.2, -0.15) is 0 Å². The lowest BCUT2D eigenvalue weighted by Crippen LogP contribution is -2.20. The van der Waals surface area contributed by atoms with Gasteiger partial charge in [-0.15, -0.1) is 0 Å². The molecule has 174 valence electrons. The van der Waals surface area contributed by atoms with Crippen LogP contribution in [0.5, 0.6) is 0 Å². The van der Waals surface area contributed by atoms with Gasteiger partial charge in [-0.1, -0.05) is 121 Å². The predicted octanol–water partition coefficient (Wildman–Crippen LogP) is 7.12. The van der Waals surface area contributed by atoms with Crippen LogP contribution in [-0.2, 0) is 39.3 Å². The second-order valence-electron chi connectivity index (χ2n) is 8.49. The first-order valence-corrected chi connectivity index (χ1v) is 13.0. The summed E-state index contributed by atoms with van der Waals surface area (Å²) < 4.78 is 25.3. The number of hydrogen-bond donors (Lipinski definition) is 0. The summed E-state index contributed by atoms with van der Waals surface area (Å²) in [6.07, 6.45) is 2.25. The summed E-state index contributed by atoms with van der Waals surface area (Å²) in [6, 6.07) is 40.8. The summed E-state index contributed by atoms with van der Waals surface area (Å²) in [5.41, 5.74) is 4.62. The minimum absolute atomic E-state index is 0.231. The van der Waals surface area contributed by atoms with Crippen LogP contribution >= 0.6 is 8.25 Å². The van der Waals surface area contributed by atoms with Gasteiger partial charge in [0.05, 0.1) is 12.2 Å². The molecule has 0 amide bonds. The fourth-order valence-corrected chi connectivity index (χ4v) is 5.05. The zero-order valence-electron chi connectivity index (χ0n) is 19.3. The molecule has 0 aliphatic rings. The lowest BCUT2D eigenvalue weighted by Gasteiger charge is -2.22. The SMILES string of the molecule is O=[PH](OC(Cc1ccccc1)Cc1ccccc1)OC(Cc1ccccc1)Cc1ccccc1. The number of rotatable bonds is 12. The van der Waals surface area contributed by atoms with E-state index in [-0.39, 0.29) is 12.2 Å². The maximum absolute atomic E-state index is 13.2. The van der Waals surface area contributed by atoms with Gasteiger partial charge >= 0.3 is 8.25 Å². The summed E-state index contributed by atoms with van der Waals surface area (Å²) in [6.45, 7) is 0. The van der Waals surface area contributed by atoms with Crippen molar-refractivity contribution < 1.29 is 13.6 Å². The minimum Gasteiger partial charge on any atom is -0.307 e. The molecule has 0 fully saturated rings. The Kier molecular flexibility index (Phi) is 9.28. The van der Waals surface area contributed by atoms with Crippen molar-refractivity contribution in [2.75, 3.05) is 0 Å². The summed E-state index contributed by atoms with van der Waals surface area (Å²) in [7, 11) is -2.71. The molecule has 0 atom stereocenters. The fraction of sp³-hybridized carbons (Fsp3) is 0.200. The minimum atomic E-state index is -2.71. The molecule has 0 aromatic heterocycles. The topological polar surface area (TPSA) is 35.5 Å². The average molecular weight is 471 g/mol. The highest BCUT2D eigenvalue weighted by molar-refractivity contribution is 7.33. The molecule has 0 saturated heterocycles. The lowest BCUT2D eigenvalue weighted by molar-refractivity contribution is 0.128. The molecule has 34 heavy (non-hydrogen) atoms. The van der Waals surface area contributed by atoms with E-state index in [1.165, 1.54) is 0 Å². The maximum Gasteiger partial charge on any atom is 0.319 e. The molecule has 0 unspecified atom stereocenters. The van der Waals surface area contributed by atoms with Crippen LogP contribution in [0.15, 0.2) is 121 Å². The van der Waals surface area contributed by atoms with Crippen LogP contribution < -0.4 is 0 Å². The Morgan fingerprint density at radius 3 is 0.912 bits per heavy atom. The van der Waals surface area contributed by atoms with E-state index in [9.17, 15) is 4.57 Å². The number of benzene rings is 4. The first kappa shape index (κ1) is 24.2. The summed E-state index contributed by atoms with van der Waals surface area (Å²) in [4.78, 5) is 0. The molecule has 0 aliphatic heterocycles. The van der Waals surface area contributed by atoms with Crippen LogP contribution in [-0.4, -0.2) is 12.2 Å². The van der Waals surface area contributed by atoms with Gasteiger partial charge in [-0.25, -0.2) is 0 Å². The Balaban J connectivity index is 1.45. The molecular weight excluding hydrogens is 439 g/mol. The van der Waals surface area contributed by atoms with Gasteiger partial charge in [0, 0.05) is 0 Å². The van der Waals surface area contributed by atoms with Gasteiger partial charge in [-0.3, -0.25) is 4.57 Å². The molecule has 0 saturated carbocycles. The van der Waals surface area contributed by atoms with E-state index in [4.69, 9.17) is 9.05 Å². The van der Waals surface area contributed by atoms with Gasteiger partial charge in [-0.05, 0) is 47.9 Å². The van der Waals surface area contributed by atoms with Crippen molar-refractivity contribution in [3.05, 3.63) is 144 Å². The van der Waals surface area contributed by atoms with E-state index in [0.717, 1.165) is 22.3 Å². The van der Waals surface area contributed by atoms with Gasteiger partial charge < -0.3 is 9.05 Å². The third kappa shape index (κ3) is 8.11. The van der Waals surface area contributed by atoms with Crippen molar-refractivity contribution in [2.24, 2.45) is 0 Å². The van der Waals surface area contributed by atoms with E-state index in [1.54, 1.807) is 0 Å². The molecule has 0 radical (unpaired) electrons. The van der Waals surface area contributed by atoms with Crippen molar-refractivity contribution in [3.8, 4) is 0 Å². The molecule has 4 heteroatoms. The largest absolute Gasteiger partial charge is 0.319 e. The summed E-state index contributed by atoms with van der Waals surface area (Å²) >= 11 is 0. The summed E-state index contributed by atoms with van der Waals surface area (Å²) in [5, 5.41) is 0. The van der Waals surface area contributed by atoms with E-state index in [1.807, 2.05) is 72.8 Å². The molecule has 0 bridgehead atoms. The standard InChI is InChI=1S/C30H31O3P/c31-34(32-29(21-25-13-5-1-6-14-25)22-26-15-7-2-8-16-26)33-30(23-27-17-9-3-10-18-27)24-28-19-11-4-12-20-28/h1-20,29-30,34H,21-24H2. The molecule has 4 aromatic carbocycles. The van der Waals surface area contributed by atoms with Crippen molar-refractivity contribution in [1.82, 2.24) is 0 Å². The van der Waals surface area contributed by atoms with Crippen LogP contribution in [0.3, 0.4) is 0 Å². The fourth-order valence-electron chi connectivity index (χ4n) is 4.12. The molecule has 3 nitrogen and oxygen atoms in total. The molecular formula is C30H31O3P. The highest BCUT2D eigenvalue weighted by atomic mass is 31.1. The Morgan fingerprint density at radius 2 is 0.676 bits per heavy atom. The van der Waals surface area contributed by atoms with Gasteiger partial charge in [0.2, 0.25) is 0 Å². The zero-order chi connectivity index (χ0) is 23.4. The highest BCUT2D eigenvalue weighted by Crippen LogP contribution is 2.32. The molecule has 0 heterocycles. The maximum atomic E-state index is 13.2. The van der Waals surface area contributed by atoms with Crippen molar-refractivity contribution in [1.29, 1.82) is 0 Å². The lowest BCUT2D eigenvalue weighted by atomic mass is 10.0. The Bertz CT molecular complexity index is 945. The predicted molar refractivity (Wildman–Crippen MR) is 139 cm³/mol. The number of hydrogen-bond acceptors (Lipinski definition) is 3. The monoisotopic (exact) mass is 470 g/mol. The average Bonchev–Trinajstić information content (AvgIpc) is 2.86. The zero-order valence-corrected chi connectivity index (χ0v) is 20.3. The van der Waals surface area contributed by atoms with E-state index >= 15 is 0 Å². The van der Waals surface area contributed by atoms with Gasteiger partial charge in [0.25, 0.3) is 0 Å². The van der Waals surface area contributed by atoms with Crippen LogP contribution in [0.4, 0.5) is 0 Å². The van der Waals surface area contributed by atoms with Crippen molar-refractivity contribution in [3.63, 3.8) is 0 Å². The normalized spacial score (nSPS) is 11.4. The van der Waals surface area contributed by atoms with Gasteiger partial charge in [0.1, 0.15) is 0 Å². The smallest absolute Gasteiger partial charge is 0.307 e. The quantitative estimate of drug-likeness (QED) is 0.207. The van der Waals surface area contributed by atoms with Crippen LogP contribution in [0.1, 0.15) is 22.3 Å². The Morgan fingerprint density at radius 1 is 0.441 bits per heavy atom. The first-order valence-electron chi connectivity index (χ1n) is 11.8. The molecule has 4 rings (SSSR count). The Hall–Kier alpha value is -2.97. The summed E-state index contributed by atoms with van der Waals surface area (Å²) in [5.74, 6) is 0. The van der Waals surface area contributed by atoms with Crippen molar-refractivity contribution in [2.45, 2.75) is 37.9 Å². The van der Waals surface area contributed by atoms with E-state index in [2.05, 4.69) is 48.5 Å². The van der Waals surface area contributed by atoms with Crippen molar-refractivity contribution >= 4 is 8.25 Å². The molecule has 0 aliphatic carbocycles. The molecule has 0 N–H and O–H groups in total. The van der Waals surface area contributed by atoms with Crippen LogP contribution in [0.25, 0.3) is 0 Å². The third-order valence-electron chi connectivity index (χ3n) is 5.75. The first-order chi connectivity index (χ1) is 16.7. The third-order valence-corrected chi connectivity index (χ3v) is 6.80. The van der Waals surface area contributed by atoms with E-state index in [0.29, 0.717) is 25.7 Å². The Labute approximate surface area is 203 Å². The molecule has 0 spiro atoms. The molecule has 4 aromatic rings. The highest BCUT2D eigenvalue weighted by Gasteiger charge is 2.20. The van der Waals surface area contributed by atoms with Crippen LogP contribution in [0.2, 0.25) is 0 Å². The second kappa shape index (κ2) is 13.1.